The van der Waals surface area contributed by atoms with E-state index in [9.17, 15) is 18.0 Å². The minimum absolute atomic E-state index is 0.0911. The lowest BCUT2D eigenvalue weighted by Crippen LogP contribution is -2.48. The Balaban J connectivity index is 2.18. The Bertz CT molecular complexity index is 1130. The van der Waals surface area contributed by atoms with Gasteiger partial charge in [-0.1, -0.05) is 49.2 Å². The van der Waals surface area contributed by atoms with Crippen LogP contribution in [-0.4, -0.2) is 50.5 Å². The van der Waals surface area contributed by atoms with Crippen molar-refractivity contribution in [2.75, 3.05) is 23.7 Å². The van der Waals surface area contributed by atoms with Crippen molar-refractivity contribution in [1.82, 2.24) is 10.2 Å². The van der Waals surface area contributed by atoms with Crippen LogP contribution in [0.5, 0.6) is 0 Å². The second-order valence-electron chi connectivity index (χ2n) is 9.22. The summed E-state index contributed by atoms with van der Waals surface area (Å²) in [5.74, 6) is -0.459. The van der Waals surface area contributed by atoms with Crippen LogP contribution in [0.2, 0.25) is 5.02 Å². The van der Waals surface area contributed by atoms with Crippen LogP contribution in [-0.2, 0) is 26.2 Å². The Morgan fingerprint density at radius 2 is 1.69 bits per heavy atom. The van der Waals surface area contributed by atoms with E-state index in [0.717, 1.165) is 29.5 Å². The number of carbonyl (C=O) groups is 2. The summed E-state index contributed by atoms with van der Waals surface area (Å²) in [5.41, 5.74) is 3.25. The lowest BCUT2D eigenvalue weighted by molar-refractivity contribution is -0.140. The molecule has 0 aliphatic heterocycles. The van der Waals surface area contributed by atoms with Crippen LogP contribution in [0.25, 0.3) is 0 Å². The van der Waals surface area contributed by atoms with Gasteiger partial charge in [0.2, 0.25) is 21.8 Å². The molecule has 0 spiro atoms. The van der Waals surface area contributed by atoms with E-state index < -0.39 is 16.1 Å². The second kappa shape index (κ2) is 13.7. The number of rotatable bonds is 13. The number of sulfonamides is 1. The van der Waals surface area contributed by atoms with E-state index in [1.807, 2.05) is 57.2 Å². The van der Waals surface area contributed by atoms with Crippen molar-refractivity contribution >= 4 is 39.1 Å². The Labute approximate surface area is 220 Å². The molecule has 1 atom stereocenters. The molecule has 2 aromatic rings. The van der Waals surface area contributed by atoms with Gasteiger partial charge in [0.05, 0.1) is 11.9 Å². The van der Waals surface area contributed by atoms with Gasteiger partial charge < -0.3 is 10.2 Å². The summed E-state index contributed by atoms with van der Waals surface area (Å²) in [6.07, 6.45) is 3.37. The fourth-order valence-corrected chi connectivity index (χ4v) is 5.17. The fourth-order valence-electron chi connectivity index (χ4n) is 4.03. The van der Waals surface area contributed by atoms with Crippen molar-refractivity contribution < 1.29 is 18.0 Å². The largest absolute Gasteiger partial charge is 0.354 e. The maximum Gasteiger partial charge on any atom is 0.242 e. The number of amides is 2. The van der Waals surface area contributed by atoms with Crippen molar-refractivity contribution in [3.8, 4) is 0 Å². The third-order valence-electron chi connectivity index (χ3n) is 5.94. The molecule has 2 aromatic carbocycles. The van der Waals surface area contributed by atoms with E-state index in [-0.39, 0.29) is 31.3 Å². The summed E-state index contributed by atoms with van der Waals surface area (Å²) in [5, 5.41) is 3.41. The van der Waals surface area contributed by atoms with E-state index >= 15 is 0 Å². The first-order chi connectivity index (χ1) is 16.9. The number of halogens is 1. The summed E-state index contributed by atoms with van der Waals surface area (Å²) in [4.78, 5) is 27.6. The second-order valence-corrected chi connectivity index (χ2v) is 11.5. The summed E-state index contributed by atoms with van der Waals surface area (Å²) >= 11 is 6.34. The maximum atomic E-state index is 13.3. The average Bonchev–Trinajstić information content (AvgIpc) is 2.79. The van der Waals surface area contributed by atoms with E-state index in [1.165, 1.54) is 15.5 Å². The smallest absolute Gasteiger partial charge is 0.242 e. The molecule has 0 radical (unpaired) electrons. The maximum absolute atomic E-state index is 13.3. The van der Waals surface area contributed by atoms with E-state index in [4.69, 9.17) is 11.6 Å². The molecule has 36 heavy (non-hydrogen) atoms. The number of hydrogen-bond donors (Lipinski definition) is 1. The first-order valence-corrected chi connectivity index (χ1v) is 14.5. The van der Waals surface area contributed by atoms with Gasteiger partial charge in [0.1, 0.15) is 6.04 Å². The molecule has 0 saturated heterocycles. The minimum atomic E-state index is -3.54. The third-order valence-corrected chi connectivity index (χ3v) is 7.50. The Morgan fingerprint density at radius 3 is 2.28 bits per heavy atom. The molecular formula is C27H38ClN3O4S. The van der Waals surface area contributed by atoms with Gasteiger partial charge in [0.15, 0.2) is 0 Å². The molecular weight excluding hydrogens is 498 g/mol. The number of hydrogen-bond acceptors (Lipinski definition) is 4. The van der Waals surface area contributed by atoms with Crippen molar-refractivity contribution in [2.45, 2.75) is 66.0 Å². The van der Waals surface area contributed by atoms with Crippen molar-refractivity contribution in [3.05, 3.63) is 64.2 Å². The van der Waals surface area contributed by atoms with Crippen LogP contribution in [0.15, 0.2) is 42.5 Å². The molecule has 2 rings (SSSR count). The van der Waals surface area contributed by atoms with Gasteiger partial charge in [-0.15, -0.1) is 0 Å². The number of benzene rings is 2. The normalized spacial score (nSPS) is 12.2. The molecule has 2 amide bonds. The Kier molecular flexibility index (Phi) is 11.2. The molecule has 0 aromatic heterocycles. The number of aryl methyl sites for hydroxylation is 2. The van der Waals surface area contributed by atoms with Crippen molar-refractivity contribution in [3.63, 3.8) is 0 Å². The summed E-state index contributed by atoms with van der Waals surface area (Å²) in [6, 6.07) is 12.2. The highest BCUT2D eigenvalue weighted by Gasteiger charge is 2.27. The van der Waals surface area contributed by atoms with Crippen LogP contribution in [0.4, 0.5) is 5.69 Å². The molecule has 0 heterocycles. The number of unbranched alkanes of at least 4 members (excludes halogenated alkanes) is 1. The topological polar surface area (TPSA) is 86.8 Å². The molecule has 1 N–H and O–H groups in total. The number of carbonyl (C=O) groups excluding carboxylic acids is 2. The third kappa shape index (κ3) is 8.82. The van der Waals surface area contributed by atoms with Crippen LogP contribution < -0.4 is 9.62 Å². The monoisotopic (exact) mass is 535 g/mol. The van der Waals surface area contributed by atoms with Gasteiger partial charge in [0, 0.05) is 31.1 Å². The predicted molar refractivity (Wildman–Crippen MR) is 147 cm³/mol. The highest BCUT2D eigenvalue weighted by atomic mass is 35.5. The van der Waals surface area contributed by atoms with E-state index in [0.29, 0.717) is 23.7 Å². The summed E-state index contributed by atoms with van der Waals surface area (Å²) in [6.45, 7) is 8.47. The molecule has 0 aliphatic carbocycles. The Hall–Kier alpha value is -2.58. The van der Waals surface area contributed by atoms with E-state index in [2.05, 4.69) is 5.32 Å². The van der Waals surface area contributed by atoms with Gasteiger partial charge in [-0.3, -0.25) is 13.9 Å². The SMILES string of the molecule is CCCCNC(=O)[C@H](C)N(Cc1ccccc1Cl)C(=O)CCCN(c1cc(C)cc(C)c1)S(C)(=O)=O. The molecule has 0 fully saturated rings. The highest BCUT2D eigenvalue weighted by molar-refractivity contribution is 7.92. The zero-order valence-electron chi connectivity index (χ0n) is 21.9. The zero-order valence-corrected chi connectivity index (χ0v) is 23.5. The van der Waals surface area contributed by atoms with Crippen LogP contribution >= 0.6 is 11.6 Å². The van der Waals surface area contributed by atoms with Gasteiger partial charge in [-0.05, 0) is 68.5 Å². The lowest BCUT2D eigenvalue weighted by Gasteiger charge is -2.30. The van der Waals surface area contributed by atoms with Crippen molar-refractivity contribution in [2.24, 2.45) is 0 Å². The number of anilines is 1. The van der Waals surface area contributed by atoms with Crippen LogP contribution in [0.1, 0.15) is 56.2 Å². The average molecular weight is 536 g/mol. The fraction of sp³-hybridized carbons (Fsp3) is 0.481. The Morgan fingerprint density at radius 1 is 1.06 bits per heavy atom. The number of nitrogens with one attached hydrogen (secondary N) is 1. The molecule has 7 nitrogen and oxygen atoms in total. The quantitative estimate of drug-likeness (QED) is 0.372. The molecule has 0 aliphatic rings. The molecule has 0 bridgehead atoms. The van der Waals surface area contributed by atoms with Crippen LogP contribution in [0, 0.1) is 13.8 Å². The first kappa shape index (κ1) is 29.6. The molecule has 198 valence electrons. The zero-order chi connectivity index (χ0) is 26.9. The minimum Gasteiger partial charge on any atom is -0.354 e. The van der Waals surface area contributed by atoms with E-state index in [1.54, 1.807) is 13.0 Å². The van der Waals surface area contributed by atoms with Crippen molar-refractivity contribution in [1.29, 1.82) is 0 Å². The number of nitrogens with zero attached hydrogens (tertiary/aromatic N) is 2. The first-order valence-electron chi connectivity index (χ1n) is 12.3. The lowest BCUT2D eigenvalue weighted by atomic mass is 10.1. The van der Waals surface area contributed by atoms with Gasteiger partial charge in [0.25, 0.3) is 0 Å². The van der Waals surface area contributed by atoms with Crippen LogP contribution in [0.3, 0.4) is 0 Å². The van der Waals surface area contributed by atoms with Gasteiger partial charge in [-0.2, -0.15) is 0 Å². The molecule has 9 heteroatoms. The predicted octanol–water partition coefficient (Wildman–Crippen LogP) is 4.84. The van der Waals surface area contributed by atoms with Gasteiger partial charge in [-0.25, -0.2) is 8.42 Å². The standard InChI is InChI=1S/C27H38ClN3O4S/c1-6-7-14-29-27(33)22(4)30(19-23-11-8-9-12-25(23)28)26(32)13-10-15-31(36(5,34)35)24-17-20(2)16-21(3)18-24/h8-9,11-12,16-18,22H,6-7,10,13-15,19H2,1-5H3,(H,29,33)/t22-/m0/s1. The van der Waals surface area contributed by atoms with Gasteiger partial charge >= 0.3 is 0 Å². The summed E-state index contributed by atoms with van der Waals surface area (Å²) in [7, 11) is -3.54. The highest BCUT2D eigenvalue weighted by Crippen LogP contribution is 2.23. The molecule has 0 saturated carbocycles. The molecule has 0 unspecified atom stereocenters. The summed E-state index contributed by atoms with van der Waals surface area (Å²) < 4.78 is 26.4.